The van der Waals surface area contributed by atoms with Crippen molar-refractivity contribution in [2.45, 2.75) is 24.6 Å². The van der Waals surface area contributed by atoms with E-state index in [0.29, 0.717) is 0 Å². The van der Waals surface area contributed by atoms with Crippen molar-refractivity contribution in [3.05, 3.63) is 0 Å². The summed E-state index contributed by atoms with van der Waals surface area (Å²) in [6, 6.07) is 0. The molecule has 1 saturated heterocycles. The Labute approximate surface area is 86.9 Å². The molecule has 0 amide bonds. The van der Waals surface area contributed by atoms with E-state index < -0.39 is 31.2 Å². The van der Waals surface area contributed by atoms with E-state index in [2.05, 4.69) is 9.99 Å². The summed E-state index contributed by atoms with van der Waals surface area (Å²) in [4.78, 5) is 4.48. The molecule has 7 nitrogen and oxygen atoms in total. The third-order valence-electron chi connectivity index (χ3n) is 2.13. The van der Waals surface area contributed by atoms with Crippen LogP contribution in [0.4, 0.5) is 0 Å². The van der Waals surface area contributed by atoms with E-state index in [9.17, 15) is 10.2 Å². The van der Waals surface area contributed by atoms with Gasteiger partial charge < -0.3 is 29.6 Å². The van der Waals surface area contributed by atoms with Crippen LogP contribution in [0.15, 0.2) is 5.16 Å². The molecule has 1 aliphatic heterocycles. The maximum Gasteiger partial charge on any atom is 0.189 e. The summed E-state index contributed by atoms with van der Waals surface area (Å²) in [6.45, 7) is -0.406. The van der Waals surface area contributed by atoms with Crippen LogP contribution in [0.2, 0.25) is 0 Å². The van der Waals surface area contributed by atoms with E-state index >= 15 is 0 Å². The molecule has 0 aromatic rings. The monoisotopic (exact) mass is 221 g/mol. The highest BCUT2D eigenvalue weighted by atomic mass is 16.7. The van der Waals surface area contributed by atoms with Crippen molar-refractivity contribution in [2.75, 3.05) is 20.8 Å². The molecule has 1 fully saturated rings. The number of hydrogen-bond acceptors (Lipinski definition) is 7. The van der Waals surface area contributed by atoms with Gasteiger partial charge in [-0.25, -0.2) is 0 Å². The zero-order chi connectivity index (χ0) is 11.4. The van der Waals surface area contributed by atoms with Gasteiger partial charge in [0.2, 0.25) is 0 Å². The van der Waals surface area contributed by atoms with Crippen molar-refractivity contribution >= 4 is 5.71 Å². The molecule has 1 heterocycles. The van der Waals surface area contributed by atoms with Gasteiger partial charge in [-0.05, 0) is 0 Å². The smallest absolute Gasteiger partial charge is 0.189 e. The Hall–Kier alpha value is -0.730. The normalized spacial score (nSPS) is 39.4. The highest BCUT2D eigenvalue weighted by Crippen LogP contribution is 2.19. The van der Waals surface area contributed by atoms with E-state index in [1.54, 1.807) is 0 Å². The molecular weight excluding hydrogens is 206 g/mol. The molecule has 1 rings (SSSR count). The minimum Gasteiger partial charge on any atom is -0.399 e. The number of aliphatic hydroxyl groups excluding tert-OH is 3. The zero-order valence-electron chi connectivity index (χ0n) is 8.53. The molecule has 0 aromatic heterocycles. The molecular formula is C8H15NO6. The molecule has 15 heavy (non-hydrogen) atoms. The summed E-state index contributed by atoms with van der Waals surface area (Å²) in [7, 11) is 2.63. The Morgan fingerprint density at radius 1 is 1.33 bits per heavy atom. The number of rotatable bonds is 3. The molecule has 0 saturated carbocycles. The third-order valence-corrected chi connectivity index (χ3v) is 2.13. The van der Waals surface area contributed by atoms with Crippen molar-refractivity contribution in [3.63, 3.8) is 0 Å². The third kappa shape index (κ3) is 2.44. The summed E-state index contributed by atoms with van der Waals surface area (Å²) in [5, 5.41) is 31.7. The minimum atomic E-state index is -1.22. The Balaban J connectivity index is 2.86. The minimum absolute atomic E-state index is 0.0188. The molecule has 1 aliphatic rings. The van der Waals surface area contributed by atoms with Gasteiger partial charge in [0.05, 0.1) is 6.61 Å². The molecule has 88 valence electrons. The summed E-state index contributed by atoms with van der Waals surface area (Å²) in [6.07, 6.45) is -4.28. The van der Waals surface area contributed by atoms with Gasteiger partial charge in [-0.15, -0.1) is 0 Å². The summed E-state index contributed by atoms with van der Waals surface area (Å²) in [5.74, 6) is 0. The van der Waals surface area contributed by atoms with Gasteiger partial charge in [0.15, 0.2) is 6.29 Å². The van der Waals surface area contributed by atoms with Crippen LogP contribution in [0, 0.1) is 0 Å². The Morgan fingerprint density at radius 2 is 2.00 bits per heavy atom. The molecule has 4 atom stereocenters. The second-order valence-corrected chi connectivity index (χ2v) is 3.05. The number of oxime groups is 1. The average molecular weight is 221 g/mol. The van der Waals surface area contributed by atoms with Gasteiger partial charge in [-0.1, -0.05) is 5.16 Å². The second kappa shape index (κ2) is 5.38. The Kier molecular flexibility index (Phi) is 4.43. The summed E-state index contributed by atoms with van der Waals surface area (Å²) < 4.78 is 9.91. The van der Waals surface area contributed by atoms with Gasteiger partial charge in [-0.2, -0.15) is 0 Å². The molecule has 0 radical (unpaired) electrons. The van der Waals surface area contributed by atoms with Crippen LogP contribution in [0.3, 0.4) is 0 Å². The van der Waals surface area contributed by atoms with Crippen LogP contribution in [-0.4, -0.2) is 66.5 Å². The predicted octanol–water partition coefficient (Wildman–Crippen LogP) is -1.93. The fourth-order valence-electron chi connectivity index (χ4n) is 1.37. The molecule has 3 N–H and O–H groups in total. The van der Waals surface area contributed by atoms with Crippen molar-refractivity contribution in [1.82, 2.24) is 0 Å². The Morgan fingerprint density at radius 3 is 2.47 bits per heavy atom. The summed E-state index contributed by atoms with van der Waals surface area (Å²) >= 11 is 0. The average Bonchev–Trinajstić information content (AvgIpc) is 2.25. The molecule has 7 heteroatoms. The lowest BCUT2D eigenvalue weighted by Gasteiger charge is -2.35. The fraction of sp³-hybridized carbons (Fsp3) is 0.875. The zero-order valence-corrected chi connectivity index (χ0v) is 8.53. The van der Waals surface area contributed by atoms with Gasteiger partial charge in [0, 0.05) is 7.11 Å². The molecule has 0 bridgehead atoms. The first-order valence-corrected chi connectivity index (χ1v) is 4.41. The van der Waals surface area contributed by atoms with Crippen LogP contribution >= 0.6 is 0 Å². The van der Waals surface area contributed by atoms with E-state index in [4.69, 9.17) is 14.6 Å². The first-order chi connectivity index (χ1) is 7.15. The van der Waals surface area contributed by atoms with Crippen LogP contribution < -0.4 is 0 Å². The van der Waals surface area contributed by atoms with Crippen molar-refractivity contribution in [1.29, 1.82) is 0 Å². The van der Waals surface area contributed by atoms with Crippen LogP contribution in [0.1, 0.15) is 0 Å². The number of methoxy groups -OCH3 is 1. The lowest BCUT2D eigenvalue weighted by Crippen LogP contribution is -2.56. The number of ether oxygens (including phenoxy) is 2. The quantitative estimate of drug-likeness (QED) is 0.480. The van der Waals surface area contributed by atoms with Gasteiger partial charge >= 0.3 is 0 Å². The topological polar surface area (TPSA) is 101 Å². The predicted molar refractivity (Wildman–Crippen MR) is 49.2 cm³/mol. The molecule has 0 spiro atoms. The number of aliphatic hydroxyl groups is 3. The van der Waals surface area contributed by atoms with Crippen molar-refractivity contribution in [2.24, 2.45) is 5.16 Å². The highest BCUT2D eigenvalue weighted by molar-refractivity contribution is 5.93. The maximum atomic E-state index is 9.64. The van der Waals surface area contributed by atoms with E-state index in [-0.39, 0.29) is 5.71 Å². The SMILES string of the molecule is CON=C1C(O)C(CO)OC(OC)C1O. The second-order valence-electron chi connectivity index (χ2n) is 3.05. The summed E-state index contributed by atoms with van der Waals surface area (Å²) in [5.41, 5.74) is -0.0188. The van der Waals surface area contributed by atoms with Crippen LogP contribution in [0.5, 0.6) is 0 Å². The lowest BCUT2D eigenvalue weighted by molar-refractivity contribution is -0.224. The van der Waals surface area contributed by atoms with Crippen LogP contribution in [-0.2, 0) is 14.3 Å². The fourth-order valence-corrected chi connectivity index (χ4v) is 1.37. The van der Waals surface area contributed by atoms with Crippen LogP contribution in [0.25, 0.3) is 0 Å². The van der Waals surface area contributed by atoms with E-state index in [1.165, 1.54) is 14.2 Å². The van der Waals surface area contributed by atoms with Gasteiger partial charge in [-0.3, -0.25) is 0 Å². The van der Waals surface area contributed by atoms with Crippen molar-refractivity contribution < 1.29 is 29.6 Å². The van der Waals surface area contributed by atoms with E-state index in [0.717, 1.165) is 0 Å². The molecule has 0 aromatic carbocycles. The largest absolute Gasteiger partial charge is 0.399 e. The molecule has 0 aliphatic carbocycles. The maximum absolute atomic E-state index is 9.64. The standard InChI is InChI=1S/C8H15NO6/c1-13-8-7(12)5(9-14-2)6(11)4(3-10)15-8/h4,6-8,10-12H,3H2,1-2H3. The van der Waals surface area contributed by atoms with Gasteiger partial charge in [0.25, 0.3) is 0 Å². The Bertz CT molecular complexity index is 215. The van der Waals surface area contributed by atoms with E-state index in [1.807, 2.05) is 0 Å². The lowest BCUT2D eigenvalue weighted by atomic mass is 10.0. The first-order valence-electron chi connectivity index (χ1n) is 4.41. The first kappa shape index (κ1) is 12.3. The molecule has 4 unspecified atom stereocenters. The number of hydrogen-bond donors (Lipinski definition) is 3. The van der Waals surface area contributed by atoms with Gasteiger partial charge in [0.1, 0.15) is 31.1 Å². The van der Waals surface area contributed by atoms with Crippen molar-refractivity contribution in [3.8, 4) is 0 Å². The number of nitrogens with zero attached hydrogens (tertiary/aromatic N) is 1. The highest BCUT2D eigenvalue weighted by Gasteiger charge is 2.42.